The van der Waals surface area contributed by atoms with Crippen LogP contribution in [0.2, 0.25) is 0 Å². The number of nitrogens with one attached hydrogen (secondary N) is 2. The van der Waals surface area contributed by atoms with E-state index in [4.69, 9.17) is 0 Å². The lowest BCUT2D eigenvalue weighted by Gasteiger charge is -2.19. The van der Waals surface area contributed by atoms with Crippen molar-refractivity contribution in [2.45, 2.75) is 19.5 Å². The molecule has 0 unspecified atom stereocenters. The first-order chi connectivity index (χ1) is 13.0. The van der Waals surface area contributed by atoms with Crippen LogP contribution in [0.4, 0.5) is 0 Å². The van der Waals surface area contributed by atoms with Crippen LogP contribution in [0.25, 0.3) is 0 Å². The van der Waals surface area contributed by atoms with Crippen LogP contribution in [-0.2, 0) is 18.4 Å². The van der Waals surface area contributed by atoms with Crippen molar-refractivity contribution in [1.29, 1.82) is 0 Å². The van der Waals surface area contributed by atoms with Gasteiger partial charge in [0, 0.05) is 38.5 Å². The first kappa shape index (κ1) is 18.4. The van der Waals surface area contributed by atoms with E-state index in [1.54, 1.807) is 18.3 Å². The van der Waals surface area contributed by atoms with Crippen molar-refractivity contribution in [1.82, 2.24) is 20.2 Å². The Morgan fingerprint density at radius 1 is 1.07 bits per heavy atom. The molecule has 2 amide bonds. The summed E-state index contributed by atoms with van der Waals surface area (Å²) >= 11 is 0. The van der Waals surface area contributed by atoms with Crippen molar-refractivity contribution in [3.63, 3.8) is 0 Å². The lowest BCUT2D eigenvalue weighted by atomic mass is 10.0. The number of rotatable bonds is 6. The third-order valence-corrected chi connectivity index (χ3v) is 4.28. The van der Waals surface area contributed by atoms with Gasteiger partial charge in [-0.25, -0.2) is 4.98 Å². The van der Waals surface area contributed by atoms with E-state index < -0.39 is 0 Å². The summed E-state index contributed by atoms with van der Waals surface area (Å²) in [4.78, 5) is 28.2. The molecule has 0 saturated carbocycles. The minimum atomic E-state index is -0.349. The third-order valence-electron chi connectivity index (χ3n) is 4.28. The molecule has 0 aliphatic rings. The van der Waals surface area contributed by atoms with E-state index in [0.29, 0.717) is 12.1 Å². The van der Waals surface area contributed by atoms with Gasteiger partial charge in [0.2, 0.25) is 5.91 Å². The molecule has 0 spiro atoms. The van der Waals surface area contributed by atoms with Gasteiger partial charge in [-0.3, -0.25) is 9.59 Å². The van der Waals surface area contributed by atoms with Gasteiger partial charge >= 0.3 is 0 Å². The number of nitrogens with zero attached hydrogens (tertiary/aromatic N) is 2. The third kappa shape index (κ3) is 4.61. The van der Waals surface area contributed by atoms with Gasteiger partial charge in [-0.2, -0.15) is 0 Å². The second-order valence-corrected chi connectivity index (χ2v) is 6.32. The number of aromatic nitrogens is 2. The zero-order valence-electron chi connectivity index (χ0n) is 15.3. The van der Waals surface area contributed by atoms with Crippen LogP contribution < -0.4 is 10.6 Å². The van der Waals surface area contributed by atoms with Crippen LogP contribution in [0.15, 0.2) is 67.0 Å². The molecule has 2 aromatic carbocycles. The molecule has 6 heteroatoms. The van der Waals surface area contributed by atoms with E-state index in [2.05, 4.69) is 15.6 Å². The van der Waals surface area contributed by atoms with Crippen molar-refractivity contribution in [2.75, 3.05) is 0 Å². The number of hydrogen-bond donors (Lipinski definition) is 2. The van der Waals surface area contributed by atoms with Crippen LogP contribution >= 0.6 is 0 Å². The molecule has 6 nitrogen and oxygen atoms in total. The predicted octanol–water partition coefficient (Wildman–Crippen LogP) is 2.58. The topological polar surface area (TPSA) is 76.0 Å². The van der Waals surface area contributed by atoms with E-state index >= 15 is 0 Å². The highest BCUT2D eigenvalue weighted by Gasteiger charge is 2.21. The predicted molar refractivity (Wildman–Crippen MR) is 103 cm³/mol. The Balaban J connectivity index is 1.79. The maximum atomic E-state index is 12.8. The van der Waals surface area contributed by atoms with Crippen LogP contribution in [0, 0.1) is 0 Å². The number of carbonyl (C=O) groups excluding carboxylic acids is 2. The van der Waals surface area contributed by atoms with E-state index in [1.165, 1.54) is 6.92 Å². The van der Waals surface area contributed by atoms with E-state index in [1.807, 2.05) is 60.3 Å². The lowest BCUT2D eigenvalue weighted by Crippen LogP contribution is -2.31. The highest BCUT2D eigenvalue weighted by Crippen LogP contribution is 2.21. The summed E-state index contributed by atoms with van der Waals surface area (Å²) < 4.78 is 1.90. The first-order valence-corrected chi connectivity index (χ1v) is 8.71. The number of benzene rings is 2. The summed E-state index contributed by atoms with van der Waals surface area (Å²) in [5.41, 5.74) is 2.45. The number of carbonyl (C=O) groups is 2. The molecular weight excluding hydrogens is 340 g/mol. The van der Waals surface area contributed by atoms with Crippen molar-refractivity contribution >= 4 is 11.8 Å². The Bertz CT molecular complexity index is 917. The second kappa shape index (κ2) is 8.31. The molecule has 0 aliphatic heterocycles. The van der Waals surface area contributed by atoms with Crippen molar-refractivity contribution < 1.29 is 9.59 Å². The van der Waals surface area contributed by atoms with Gasteiger partial charge < -0.3 is 15.2 Å². The van der Waals surface area contributed by atoms with Gasteiger partial charge in [-0.15, -0.1) is 0 Å². The molecule has 0 radical (unpaired) electrons. The summed E-state index contributed by atoms with van der Waals surface area (Å²) in [6.07, 6.45) is 3.57. The molecule has 1 heterocycles. The van der Waals surface area contributed by atoms with E-state index in [0.717, 1.165) is 17.0 Å². The summed E-state index contributed by atoms with van der Waals surface area (Å²) in [6, 6.07) is 16.6. The molecule has 2 N–H and O–H groups in total. The summed E-state index contributed by atoms with van der Waals surface area (Å²) in [6.45, 7) is 1.92. The van der Waals surface area contributed by atoms with Crippen LogP contribution in [-0.4, -0.2) is 21.4 Å². The minimum absolute atomic E-state index is 0.0856. The van der Waals surface area contributed by atoms with Crippen LogP contribution in [0.3, 0.4) is 0 Å². The molecule has 3 rings (SSSR count). The maximum Gasteiger partial charge on any atom is 0.252 e. The zero-order valence-corrected chi connectivity index (χ0v) is 15.3. The van der Waals surface area contributed by atoms with Crippen molar-refractivity contribution in [3.8, 4) is 0 Å². The highest BCUT2D eigenvalue weighted by atomic mass is 16.2. The fourth-order valence-corrected chi connectivity index (χ4v) is 2.81. The first-order valence-electron chi connectivity index (χ1n) is 8.71. The summed E-state index contributed by atoms with van der Waals surface area (Å²) in [7, 11) is 1.90. The lowest BCUT2D eigenvalue weighted by molar-refractivity contribution is -0.119. The SMILES string of the molecule is CC(=O)NCc1ccc(C(=O)N[C@H](c2ccccc2)c2nccn2C)cc1. The molecule has 0 aliphatic carbocycles. The molecule has 138 valence electrons. The standard InChI is InChI=1S/C21H22N4O2/c1-15(26)23-14-16-8-10-18(11-9-16)21(27)24-19(17-6-4-3-5-7-17)20-22-12-13-25(20)2/h3-13,19H,14H2,1-2H3,(H,23,26)(H,24,27)/t19-/m1/s1. The smallest absolute Gasteiger partial charge is 0.252 e. The van der Waals surface area contributed by atoms with Gasteiger partial charge in [-0.1, -0.05) is 42.5 Å². The number of imidazole rings is 1. The van der Waals surface area contributed by atoms with Crippen molar-refractivity contribution in [2.24, 2.45) is 7.05 Å². The Hall–Kier alpha value is -3.41. The molecule has 1 aromatic heterocycles. The Morgan fingerprint density at radius 3 is 2.37 bits per heavy atom. The van der Waals surface area contributed by atoms with Gasteiger partial charge in [-0.05, 0) is 23.3 Å². The number of aryl methyl sites for hydroxylation is 1. The molecule has 0 fully saturated rings. The monoisotopic (exact) mass is 362 g/mol. The Morgan fingerprint density at radius 2 is 1.78 bits per heavy atom. The molecule has 1 atom stereocenters. The van der Waals surface area contributed by atoms with Crippen molar-refractivity contribution in [3.05, 3.63) is 89.5 Å². The zero-order chi connectivity index (χ0) is 19.2. The molecule has 0 bridgehead atoms. The Labute approximate surface area is 158 Å². The van der Waals surface area contributed by atoms with Gasteiger partial charge in [0.15, 0.2) is 0 Å². The molecule has 27 heavy (non-hydrogen) atoms. The van der Waals surface area contributed by atoms with Gasteiger partial charge in [0.1, 0.15) is 11.9 Å². The van der Waals surface area contributed by atoms with E-state index in [9.17, 15) is 9.59 Å². The average Bonchev–Trinajstić information content (AvgIpc) is 3.11. The van der Waals surface area contributed by atoms with E-state index in [-0.39, 0.29) is 17.9 Å². The number of amides is 2. The fraction of sp³-hybridized carbons (Fsp3) is 0.190. The minimum Gasteiger partial charge on any atom is -0.352 e. The molecular formula is C21H22N4O2. The summed E-state index contributed by atoms with van der Waals surface area (Å²) in [5, 5.41) is 5.81. The molecule has 3 aromatic rings. The van der Waals surface area contributed by atoms with Crippen LogP contribution in [0.1, 0.15) is 40.3 Å². The largest absolute Gasteiger partial charge is 0.352 e. The van der Waals surface area contributed by atoms with Gasteiger partial charge in [0.05, 0.1) is 0 Å². The Kier molecular flexibility index (Phi) is 5.66. The quantitative estimate of drug-likeness (QED) is 0.708. The normalized spacial score (nSPS) is 11.6. The van der Waals surface area contributed by atoms with Crippen LogP contribution in [0.5, 0.6) is 0 Å². The highest BCUT2D eigenvalue weighted by molar-refractivity contribution is 5.94. The molecule has 0 saturated heterocycles. The second-order valence-electron chi connectivity index (χ2n) is 6.32. The fourth-order valence-electron chi connectivity index (χ4n) is 2.81. The maximum absolute atomic E-state index is 12.8. The van der Waals surface area contributed by atoms with Gasteiger partial charge in [0.25, 0.3) is 5.91 Å². The summed E-state index contributed by atoms with van der Waals surface area (Å²) in [5.74, 6) is 0.493. The average molecular weight is 362 g/mol. The number of hydrogen-bond acceptors (Lipinski definition) is 3.